The Hall–Kier alpha value is -2.04. The number of nitrogens with zero attached hydrogens (tertiary/aromatic N) is 4. The van der Waals surface area contributed by atoms with E-state index in [4.69, 9.17) is 4.98 Å². The molecular formula is C27H37ClN4O3S2. The first-order valence-electron chi connectivity index (χ1n) is 12.5. The molecule has 0 saturated carbocycles. The second-order valence-corrected chi connectivity index (χ2v) is 12.9. The number of hydrogen-bond donors (Lipinski definition) is 0. The lowest BCUT2D eigenvalue weighted by atomic mass is 10.1. The van der Waals surface area contributed by atoms with Crippen LogP contribution in [0.4, 0.5) is 5.13 Å². The van der Waals surface area contributed by atoms with Crippen LogP contribution in [0.1, 0.15) is 54.1 Å². The SMILES string of the molecule is Cc1cc(C)c2nc(N(CCCN(C)C)C(=O)c3ccc(S(=O)(=O)N4CCCCC4C)cc3)sc2c1.Cl. The molecule has 2 heterocycles. The molecule has 3 aromatic rings. The van der Waals surface area contributed by atoms with Gasteiger partial charge in [0.25, 0.3) is 5.91 Å². The highest BCUT2D eigenvalue weighted by molar-refractivity contribution is 7.89. The molecule has 1 saturated heterocycles. The van der Waals surface area contributed by atoms with E-state index in [0.717, 1.165) is 48.0 Å². The molecule has 0 bridgehead atoms. The predicted molar refractivity (Wildman–Crippen MR) is 155 cm³/mol. The molecule has 0 aliphatic carbocycles. The molecule has 1 aliphatic rings. The Morgan fingerprint density at radius 3 is 2.46 bits per heavy atom. The average molecular weight is 565 g/mol. The lowest BCUT2D eigenvalue weighted by Gasteiger charge is -2.32. The van der Waals surface area contributed by atoms with Crippen LogP contribution in [0.3, 0.4) is 0 Å². The summed E-state index contributed by atoms with van der Waals surface area (Å²) in [5, 5.41) is 0.668. The molecule has 0 radical (unpaired) electrons. The first-order valence-corrected chi connectivity index (χ1v) is 14.8. The molecule has 1 fully saturated rings. The Bertz CT molecular complexity index is 1340. The lowest BCUT2D eigenvalue weighted by molar-refractivity contribution is 0.0986. The van der Waals surface area contributed by atoms with Crippen molar-refractivity contribution in [3.05, 3.63) is 53.1 Å². The maximum atomic E-state index is 13.7. The fraction of sp³-hybridized carbons (Fsp3) is 0.481. The van der Waals surface area contributed by atoms with E-state index < -0.39 is 10.0 Å². The molecule has 202 valence electrons. The van der Waals surface area contributed by atoms with Gasteiger partial charge in [-0.1, -0.05) is 23.8 Å². The Kier molecular flexibility index (Phi) is 9.74. The van der Waals surface area contributed by atoms with E-state index in [2.05, 4.69) is 24.0 Å². The zero-order chi connectivity index (χ0) is 26.0. The molecule has 7 nitrogen and oxygen atoms in total. The second kappa shape index (κ2) is 12.2. The van der Waals surface area contributed by atoms with Crippen molar-refractivity contribution in [2.45, 2.75) is 57.4 Å². The van der Waals surface area contributed by atoms with Crippen LogP contribution in [-0.2, 0) is 10.0 Å². The van der Waals surface area contributed by atoms with Crippen LogP contribution in [0.5, 0.6) is 0 Å². The van der Waals surface area contributed by atoms with E-state index in [1.165, 1.54) is 16.9 Å². The Balaban J connectivity index is 0.00000380. The zero-order valence-corrected chi connectivity index (χ0v) is 24.7. The zero-order valence-electron chi connectivity index (χ0n) is 22.2. The first kappa shape index (κ1) is 29.5. The van der Waals surface area contributed by atoms with Crippen LogP contribution in [0.2, 0.25) is 0 Å². The monoisotopic (exact) mass is 564 g/mol. The molecule has 1 aromatic heterocycles. The summed E-state index contributed by atoms with van der Waals surface area (Å²) < 4.78 is 29.1. The van der Waals surface area contributed by atoms with Crippen LogP contribution in [0, 0.1) is 13.8 Å². The number of carbonyl (C=O) groups is 1. The molecule has 37 heavy (non-hydrogen) atoms. The van der Waals surface area contributed by atoms with Crippen molar-refractivity contribution < 1.29 is 13.2 Å². The summed E-state index contributed by atoms with van der Waals surface area (Å²) in [4.78, 5) is 22.6. The van der Waals surface area contributed by atoms with Gasteiger partial charge in [-0.25, -0.2) is 13.4 Å². The minimum absolute atomic E-state index is 0. The lowest BCUT2D eigenvalue weighted by Crippen LogP contribution is -2.41. The Morgan fingerprint density at radius 2 is 1.81 bits per heavy atom. The molecule has 0 N–H and O–H groups in total. The van der Waals surface area contributed by atoms with Crippen LogP contribution in [0.25, 0.3) is 10.2 Å². The quantitative estimate of drug-likeness (QED) is 0.361. The number of sulfonamides is 1. The van der Waals surface area contributed by atoms with Crippen LogP contribution >= 0.6 is 23.7 Å². The van der Waals surface area contributed by atoms with E-state index in [9.17, 15) is 13.2 Å². The summed E-state index contributed by atoms with van der Waals surface area (Å²) in [6, 6.07) is 10.6. The van der Waals surface area contributed by atoms with Crippen molar-refractivity contribution in [1.82, 2.24) is 14.2 Å². The molecule has 0 spiro atoms. The average Bonchev–Trinajstić information content (AvgIpc) is 3.25. The minimum Gasteiger partial charge on any atom is -0.309 e. The third kappa shape index (κ3) is 6.52. The van der Waals surface area contributed by atoms with Crippen molar-refractivity contribution in [3.8, 4) is 0 Å². The van der Waals surface area contributed by atoms with Gasteiger partial charge in [0.1, 0.15) is 0 Å². The van der Waals surface area contributed by atoms with Gasteiger partial charge in [-0.2, -0.15) is 4.31 Å². The number of aryl methyl sites for hydroxylation is 2. The highest BCUT2D eigenvalue weighted by atomic mass is 35.5. The van der Waals surface area contributed by atoms with Gasteiger partial charge >= 0.3 is 0 Å². The molecule has 1 unspecified atom stereocenters. The van der Waals surface area contributed by atoms with Crippen molar-refractivity contribution >= 4 is 55.0 Å². The third-order valence-corrected chi connectivity index (χ3v) is 9.78. The van der Waals surface area contributed by atoms with Gasteiger partial charge in [0.05, 0.1) is 15.1 Å². The van der Waals surface area contributed by atoms with Gasteiger partial charge < -0.3 is 4.90 Å². The smallest absolute Gasteiger partial charge is 0.260 e. The van der Waals surface area contributed by atoms with Crippen molar-refractivity contribution in [1.29, 1.82) is 0 Å². The molecule has 2 aromatic carbocycles. The van der Waals surface area contributed by atoms with Crippen LogP contribution in [-0.4, -0.2) is 68.3 Å². The predicted octanol–water partition coefficient (Wildman–Crippen LogP) is 5.50. The second-order valence-electron chi connectivity index (χ2n) is 10.0. The highest BCUT2D eigenvalue weighted by Crippen LogP contribution is 2.33. The summed E-state index contributed by atoms with van der Waals surface area (Å²) in [6.45, 7) is 7.98. The summed E-state index contributed by atoms with van der Waals surface area (Å²) in [6.07, 6.45) is 3.60. The molecule has 1 atom stereocenters. The minimum atomic E-state index is -3.58. The van der Waals surface area contributed by atoms with E-state index in [-0.39, 0.29) is 29.3 Å². The number of thiazole rings is 1. The molecular weight excluding hydrogens is 528 g/mol. The largest absolute Gasteiger partial charge is 0.309 e. The maximum Gasteiger partial charge on any atom is 0.260 e. The Labute approximate surface area is 230 Å². The van der Waals surface area contributed by atoms with E-state index in [0.29, 0.717) is 23.8 Å². The number of aromatic nitrogens is 1. The molecule has 4 rings (SSSR count). The standard InChI is InChI=1S/C27H36N4O3S2.ClH/c1-19-17-20(2)25-24(18-19)35-27(28-25)30(15-8-14-29(4)5)26(32)22-10-12-23(13-11-22)36(33,34)31-16-7-6-9-21(31)3;/h10-13,17-18,21H,6-9,14-16H2,1-5H3;1H. The fourth-order valence-electron chi connectivity index (χ4n) is 4.79. The van der Waals surface area contributed by atoms with E-state index in [1.807, 2.05) is 27.9 Å². The number of anilines is 1. The summed E-state index contributed by atoms with van der Waals surface area (Å²) in [7, 11) is 0.441. The van der Waals surface area contributed by atoms with Gasteiger partial charge in [0.2, 0.25) is 10.0 Å². The van der Waals surface area contributed by atoms with Gasteiger partial charge in [-0.05, 0) is 102 Å². The van der Waals surface area contributed by atoms with Gasteiger partial charge in [0, 0.05) is 24.7 Å². The number of piperidine rings is 1. The normalized spacial score (nSPS) is 16.6. The van der Waals surface area contributed by atoms with Crippen LogP contribution in [0.15, 0.2) is 41.3 Å². The summed E-state index contributed by atoms with van der Waals surface area (Å²) in [5.74, 6) is -0.169. The number of carbonyl (C=O) groups excluding carboxylic acids is 1. The molecule has 1 aliphatic heterocycles. The van der Waals surface area contributed by atoms with Crippen molar-refractivity contribution in [2.75, 3.05) is 38.6 Å². The van der Waals surface area contributed by atoms with Gasteiger partial charge in [-0.3, -0.25) is 9.69 Å². The number of benzene rings is 2. The first-order chi connectivity index (χ1) is 17.1. The molecule has 10 heteroatoms. The number of hydrogen-bond acceptors (Lipinski definition) is 6. The summed E-state index contributed by atoms with van der Waals surface area (Å²) >= 11 is 1.52. The highest BCUT2D eigenvalue weighted by Gasteiger charge is 2.31. The maximum absolute atomic E-state index is 13.7. The van der Waals surface area contributed by atoms with Gasteiger partial charge in [-0.15, -0.1) is 12.4 Å². The number of rotatable bonds is 8. The van der Waals surface area contributed by atoms with Crippen LogP contribution < -0.4 is 4.90 Å². The Morgan fingerprint density at radius 1 is 1.11 bits per heavy atom. The third-order valence-electron chi connectivity index (χ3n) is 6.73. The van der Waals surface area contributed by atoms with E-state index in [1.54, 1.807) is 33.5 Å². The fourth-order valence-corrected chi connectivity index (χ4v) is 7.66. The topological polar surface area (TPSA) is 73.8 Å². The molecule has 1 amide bonds. The van der Waals surface area contributed by atoms with Crippen molar-refractivity contribution in [3.63, 3.8) is 0 Å². The number of amides is 1. The van der Waals surface area contributed by atoms with Crippen molar-refractivity contribution in [2.24, 2.45) is 0 Å². The number of halogens is 1. The van der Waals surface area contributed by atoms with Gasteiger partial charge in [0.15, 0.2) is 5.13 Å². The summed E-state index contributed by atoms with van der Waals surface area (Å²) in [5.41, 5.74) is 3.64. The number of fused-ring (bicyclic) bond motifs is 1. The van der Waals surface area contributed by atoms with E-state index >= 15 is 0 Å².